The maximum Gasteiger partial charge on any atom is 0.280 e. The van der Waals surface area contributed by atoms with Crippen LogP contribution in [0.25, 0.3) is 5.57 Å². The van der Waals surface area contributed by atoms with E-state index in [1.165, 1.54) is 27.8 Å². The first-order chi connectivity index (χ1) is 11.5. The van der Waals surface area contributed by atoms with Gasteiger partial charge in [-0.25, -0.2) is 0 Å². The van der Waals surface area contributed by atoms with Gasteiger partial charge in [0, 0.05) is 5.56 Å². The van der Waals surface area contributed by atoms with E-state index in [2.05, 4.69) is 43.1 Å². The normalized spacial score (nSPS) is 13.0. The number of hydrogen-bond acceptors (Lipinski definition) is 1. The molecule has 0 heterocycles. The number of fused-ring (bicyclic) bond motifs is 1. The van der Waals surface area contributed by atoms with Gasteiger partial charge in [-0.2, -0.15) is 4.99 Å². The first-order valence-electron chi connectivity index (χ1n) is 8.01. The number of aryl methyl sites for hydroxylation is 3. The van der Waals surface area contributed by atoms with Gasteiger partial charge in [0.05, 0.1) is 0 Å². The number of nitrogens with two attached hydrogens (primary N) is 2. The third-order valence-electron chi connectivity index (χ3n) is 4.31. The molecule has 4 nitrogen and oxygen atoms in total. The molecule has 0 fully saturated rings. The minimum absolute atomic E-state index is 0.220. The number of carbonyl (C=O) groups is 1. The number of guanidine groups is 1. The van der Waals surface area contributed by atoms with Crippen LogP contribution in [0.3, 0.4) is 0 Å². The zero-order valence-electron chi connectivity index (χ0n) is 14.0. The van der Waals surface area contributed by atoms with Crippen LogP contribution in [0, 0.1) is 13.8 Å². The fourth-order valence-corrected chi connectivity index (χ4v) is 3.21. The van der Waals surface area contributed by atoms with Crippen LogP contribution >= 0.6 is 0 Å². The van der Waals surface area contributed by atoms with Crippen molar-refractivity contribution in [3.63, 3.8) is 0 Å². The standard InChI is InChI=1S/C20H21N3O/c1-12-6-9-16(13(2)10-12)17-5-3-4-14-7-8-15(11-18(14)17)19(24)23-20(21)22/h5-11H,3-4H2,1-2H3,(H4,21,22,23,24). The summed E-state index contributed by atoms with van der Waals surface area (Å²) in [5.41, 5.74) is 18.3. The highest BCUT2D eigenvalue weighted by atomic mass is 16.1. The first kappa shape index (κ1) is 16.0. The highest BCUT2D eigenvalue weighted by Crippen LogP contribution is 2.34. The lowest BCUT2D eigenvalue weighted by Gasteiger charge is -2.20. The monoisotopic (exact) mass is 319 g/mol. The molecular weight excluding hydrogens is 298 g/mol. The van der Waals surface area contributed by atoms with E-state index in [0.717, 1.165) is 18.4 Å². The molecule has 1 aliphatic carbocycles. The SMILES string of the molecule is Cc1ccc(C2=CCCc3ccc(C(=O)N=C(N)N)cc32)c(C)c1. The van der Waals surface area contributed by atoms with Gasteiger partial charge >= 0.3 is 0 Å². The summed E-state index contributed by atoms with van der Waals surface area (Å²) in [5.74, 6) is -0.633. The molecule has 1 amide bonds. The molecule has 0 bridgehead atoms. The number of allylic oxidation sites excluding steroid dienone is 1. The molecule has 0 aromatic heterocycles. The van der Waals surface area contributed by atoms with Crippen LogP contribution in [0.15, 0.2) is 47.5 Å². The number of amides is 1. The maximum atomic E-state index is 12.1. The van der Waals surface area contributed by atoms with Crippen molar-refractivity contribution in [2.24, 2.45) is 16.5 Å². The van der Waals surface area contributed by atoms with Crippen molar-refractivity contribution in [3.8, 4) is 0 Å². The predicted octanol–water partition coefficient (Wildman–Crippen LogP) is 3.09. The summed E-state index contributed by atoms with van der Waals surface area (Å²) in [5, 5.41) is 0. The smallest absolute Gasteiger partial charge is 0.280 e. The van der Waals surface area contributed by atoms with Gasteiger partial charge in [-0.3, -0.25) is 4.79 Å². The van der Waals surface area contributed by atoms with Gasteiger partial charge in [-0.15, -0.1) is 0 Å². The average Bonchev–Trinajstić information content (AvgIpc) is 2.53. The van der Waals surface area contributed by atoms with Crippen molar-refractivity contribution >= 4 is 17.4 Å². The molecule has 0 aliphatic heterocycles. The van der Waals surface area contributed by atoms with Crippen molar-refractivity contribution in [1.29, 1.82) is 0 Å². The predicted molar refractivity (Wildman–Crippen MR) is 97.9 cm³/mol. The summed E-state index contributed by atoms with van der Waals surface area (Å²) < 4.78 is 0. The summed E-state index contributed by atoms with van der Waals surface area (Å²) in [6, 6.07) is 12.1. The zero-order chi connectivity index (χ0) is 17.3. The Morgan fingerprint density at radius 1 is 1.04 bits per heavy atom. The number of hydrogen-bond donors (Lipinski definition) is 2. The van der Waals surface area contributed by atoms with Crippen LogP contribution < -0.4 is 11.5 Å². The van der Waals surface area contributed by atoms with E-state index in [1.807, 2.05) is 12.1 Å². The minimum Gasteiger partial charge on any atom is -0.370 e. The van der Waals surface area contributed by atoms with E-state index in [9.17, 15) is 4.79 Å². The van der Waals surface area contributed by atoms with E-state index in [1.54, 1.807) is 6.07 Å². The van der Waals surface area contributed by atoms with E-state index in [-0.39, 0.29) is 5.96 Å². The molecular formula is C20H21N3O. The van der Waals surface area contributed by atoms with Crippen molar-refractivity contribution < 1.29 is 4.79 Å². The number of carbonyl (C=O) groups excluding carboxylic acids is 1. The minimum atomic E-state index is -0.414. The Labute approximate surface area is 141 Å². The topological polar surface area (TPSA) is 81.5 Å². The lowest BCUT2D eigenvalue weighted by Crippen LogP contribution is -2.24. The molecule has 2 aromatic carbocycles. The van der Waals surface area contributed by atoms with Gasteiger partial charge in [0.25, 0.3) is 5.91 Å². The largest absolute Gasteiger partial charge is 0.370 e. The van der Waals surface area contributed by atoms with Gasteiger partial charge in [-0.1, -0.05) is 35.9 Å². The van der Waals surface area contributed by atoms with E-state index in [4.69, 9.17) is 11.5 Å². The Morgan fingerprint density at radius 2 is 1.83 bits per heavy atom. The molecule has 0 atom stereocenters. The van der Waals surface area contributed by atoms with E-state index in [0.29, 0.717) is 5.56 Å². The second-order valence-electron chi connectivity index (χ2n) is 6.19. The molecule has 0 unspecified atom stereocenters. The van der Waals surface area contributed by atoms with Crippen LogP contribution in [0.4, 0.5) is 0 Å². The summed E-state index contributed by atoms with van der Waals surface area (Å²) in [4.78, 5) is 15.8. The third kappa shape index (κ3) is 3.08. The molecule has 24 heavy (non-hydrogen) atoms. The second-order valence-corrected chi connectivity index (χ2v) is 6.19. The Kier molecular flexibility index (Phi) is 4.21. The molecule has 0 radical (unpaired) electrons. The Balaban J connectivity index is 2.09. The maximum absolute atomic E-state index is 12.1. The van der Waals surface area contributed by atoms with Crippen molar-refractivity contribution in [2.45, 2.75) is 26.7 Å². The summed E-state index contributed by atoms with van der Waals surface area (Å²) in [6.45, 7) is 4.21. The Morgan fingerprint density at radius 3 is 2.54 bits per heavy atom. The molecule has 122 valence electrons. The van der Waals surface area contributed by atoms with E-state index >= 15 is 0 Å². The molecule has 4 N–H and O–H groups in total. The Bertz CT molecular complexity index is 874. The molecule has 0 spiro atoms. The average molecular weight is 319 g/mol. The fourth-order valence-electron chi connectivity index (χ4n) is 3.21. The molecule has 0 saturated carbocycles. The summed E-state index contributed by atoms with van der Waals surface area (Å²) >= 11 is 0. The van der Waals surface area contributed by atoms with Gasteiger partial charge in [-0.05, 0) is 66.6 Å². The summed E-state index contributed by atoms with van der Waals surface area (Å²) in [6.07, 6.45) is 4.21. The number of benzene rings is 2. The third-order valence-corrected chi connectivity index (χ3v) is 4.31. The molecule has 2 aromatic rings. The van der Waals surface area contributed by atoms with Crippen LogP contribution in [-0.2, 0) is 6.42 Å². The molecule has 1 aliphatic rings. The van der Waals surface area contributed by atoms with E-state index < -0.39 is 5.91 Å². The molecule has 3 rings (SSSR count). The number of rotatable bonds is 2. The summed E-state index contributed by atoms with van der Waals surface area (Å²) in [7, 11) is 0. The van der Waals surface area contributed by atoms with Gasteiger partial charge < -0.3 is 11.5 Å². The number of nitrogens with zero attached hydrogens (tertiary/aromatic N) is 1. The first-order valence-corrected chi connectivity index (χ1v) is 8.01. The second kappa shape index (κ2) is 6.32. The lowest BCUT2D eigenvalue weighted by atomic mass is 9.84. The van der Waals surface area contributed by atoms with Crippen molar-refractivity contribution in [3.05, 3.63) is 75.9 Å². The van der Waals surface area contributed by atoms with Crippen molar-refractivity contribution in [1.82, 2.24) is 0 Å². The van der Waals surface area contributed by atoms with Crippen LogP contribution in [0.5, 0.6) is 0 Å². The molecule has 0 saturated heterocycles. The van der Waals surface area contributed by atoms with Gasteiger partial charge in [0.1, 0.15) is 0 Å². The van der Waals surface area contributed by atoms with Crippen LogP contribution in [0.2, 0.25) is 0 Å². The highest BCUT2D eigenvalue weighted by Gasteiger charge is 2.18. The zero-order valence-corrected chi connectivity index (χ0v) is 14.0. The number of aliphatic imine (C=N–C) groups is 1. The lowest BCUT2D eigenvalue weighted by molar-refractivity contribution is 0.100. The Hall–Kier alpha value is -2.88. The highest BCUT2D eigenvalue weighted by molar-refractivity contribution is 6.02. The van der Waals surface area contributed by atoms with Crippen LogP contribution in [-0.4, -0.2) is 11.9 Å². The van der Waals surface area contributed by atoms with Crippen molar-refractivity contribution in [2.75, 3.05) is 0 Å². The fraction of sp³-hybridized carbons (Fsp3) is 0.200. The molecule has 4 heteroatoms. The quantitative estimate of drug-likeness (QED) is 0.659. The van der Waals surface area contributed by atoms with Gasteiger partial charge in [0.15, 0.2) is 5.96 Å². The van der Waals surface area contributed by atoms with Crippen LogP contribution in [0.1, 0.15) is 44.6 Å². The van der Waals surface area contributed by atoms with Gasteiger partial charge in [0.2, 0.25) is 0 Å².